The highest BCUT2D eigenvalue weighted by Crippen LogP contribution is 2.27. The number of hydrogen-bond donors (Lipinski definition) is 1. The largest absolute Gasteiger partial charge is 0.370 e. The Morgan fingerprint density at radius 2 is 2.03 bits per heavy atom. The molecule has 8 heteroatoms. The van der Waals surface area contributed by atoms with Gasteiger partial charge in [-0.2, -0.15) is 5.26 Å². The van der Waals surface area contributed by atoms with Crippen molar-refractivity contribution < 1.29 is 14.3 Å². The number of amides is 1. The van der Waals surface area contributed by atoms with E-state index in [1.54, 1.807) is 49.0 Å². The summed E-state index contributed by atoms with van der Waals surface area (Å²) in [7, 11) is 1.70. The number of carbonyl (C=O) groups excluding carboxylic acids is 2. The van der Waals surface area contributed by atoms with Crippen LogP contribution in [0.2, 0.25) is 0 Å². The standard InChI is InChI=1S/C21H24N4O4/c1-4-14-10-11-29-19(14)18(26)16(12-22)20(27)23-17-13(2)24(3)25(21(17)28)15-8-6-5-7-9-15/h5-9,14,16,19H,4,10-11H2,1-3H3,(H,23,27)/t14-,16?,19+/m1/s1. The molecule has 1 aromatic heterocycles. The zero-order chi connectivity index (χ0) is 21.1. The number of nitrogens with zero attached hydrogens (tertiary/aromatic N) is 3. The third-order valence-corrected chi connectivity index (χ3v) is 5.50. The number of Topliss-reactive ketones (excluding diaryl/α,β-unsaturated/α-hetero) is 1. The molecule has 1 saturated heterocycles. The van der Waals surface area contributed by atoms with Gasteiger partial charge < -0.3 is 10.1 Å². The van der Waals surface area contributed by atoms with E-state index in [4.69, 9.17) is 4.74 Å². The fourth-order valence-corrected chi connectivity index (χ4v) is 3.69. The lowest BCUT2D eigenvalue weighted by Gasteiger charge is -2.18. The van der Waals surface area contributed by atoms with Gasteiger partial charge in [0.15, 0.2) is 11.7 Å². The number of ether oxygens (including phenoxy) is 1. The van der Waals surface area contributed by atoms with Gasteiger partial charge in [-0.05, 0) is 31.4 Å². The van der Waals surface area contributed by atoms with Gasteiger partial charge in [-0.15, -0.1) is 0 Å². The van der Waals surface area contributed by atoms with E-state index in [1.165, 1.54) is 4.68 Å². The van der Waals surface area contributed by atoms with Crippen molar-refractivity contribution >= 4 is 17.4 Å². The second-order valence-electron chi connectivity index (χ2n) is 7.14. The molecule has 0 radical (unpaired) electrons. The van der Waals surface area contributed by atoms with Crippen LogP contribution in [0.15, 0.2) is 35.1 Å². The van der Waals surface area contributed by atoms with Crippen LogP contribution < -0.4 is 10.9 Å². The lowest BCUT2D eigenvalue weighted by atomic mass is 9.89. The second-order valence-corrected chi connectivity index (χ2v) is 7.14. The summed E-state index contributed by atoms with van der Waals surface area (Å²) in [6.45, 7) is 4.07. The highest BCUT2D eigenvalue weighted by Gasteiger charge is 2.40. The molecular weight excluding hydrogens is 372 g/mol. The van der Waals surface area contributed by atoms with Gasteiger partial charge >= 0.3 is 0 Å². The van der Waals surface area contributed by atoms with Crippen LogP contribution in [0.25, 0.3) is 5.69 Å². The lowest BCUT2D eigenvalue weighted by Crippen LogP contribution is -2.38. The Balaban J connectivity index is 1.88. The van der Waals surface area contributed by atoms with E-state index in [-0.39, 0.29) is 11.6 Å². The minimum Gasteiger partial charge on any atom is -0.370 e. The Bertz CT molecular complexity index is 1020. The summed E-state index contributed by atoms with van der Waals surface area (Å²) in [5.74, 6) is -2.89. The van der Waals surface area contributed by atoms with Crippen LogP contribution in [-0.2, 0) is 21.4 Å². The topological polar surface area (TPSA) is 106 Å². The molecule has 1 unspecified atom stereocenters. The van der Waals surface area contributed by atoms with Gasteiger partial charge in [-0.1, -0.05) is 31.5 Å². The summed E-state index contributed by atoms with van der Waals surface area (Å²) >= 11 is 0. The number of ketones is 1. The van der Waals surface area contributed by atoms with Crippen LogP contribution in [-0.4, -0.2) is 33.8 Å². The maximum absolute atomic E-state index is 12.9. The molecule has 1 aromatic carbocycles. The SMILES string of the molecule is CC[C@@H]1CCO[C@@H]1C(=O)C(C#N)C(=O)Nc1c(C)n(C)n(-c2ccccc2)c1=O. The molecule has 152 valence electrons. The normalized spacial score (nSPS) is 19.5. The van der Waals surface area contributed by atoms with Crippen LogP contribution in [0.5, 0.6) is 0 Å². The van der Waals surface area contributed by atoms with Crippen molar-refractivity contribution in [1.82, 2.24) is 9.36 Å². The number of benzene rings is 1. The van der Waals surface area contributed by atoms with Crippen molar-refractivity contribution in [3.05, 3.63) is 46.4 Å². The Morgan fingerprint density at radius 1 is 1.34 bits per heavy atom. The van der Waals surface area contributed by atoms with Gasteiger partial charge in [0, 0.05) is 13.7 Å². The van der Waals surface area contributed by atoms with Crippen molar-refractivity contribution in [2.45, 2.75) is 32.8 Å². The number of anilines is 1. The third-order valence-electron chi connectivity index (χ3n) is 5.50. The molecular formula is C21H24N4O4. The lowest BCUT2D eigenvalue weighted by molar-refractivity contribution is -0.136. The number of carbonyl (C=O) groups is 2. The molecule has 8 nitrogen and oxygen atoms in total. The molecule has 1 amide bonds. The highest BCUT2D eigenvalue weighted by atomic mass is 16.5. The maximum Gasteiger partial charge on any atom is 0.295 e. The number of nitriles is 1. The van der Waals surface area contributed by atoms with Crippen LogP contribution in [0.3, 0.4) is 0 Å². The second kappa shape index (κ2) is 8.45. The van der Waals surface area contributed by atoms with E-state index in [1.807, 2.05) is 13.0 Å². The van der Waals surface area contributed by atoms with Crippen molar-refractivity contribution in [3.8, 4) is 11.8 Å². The first-order valence-corrected chi connectivity index (χ1v) is 9.60. The Hall–Kier alpha value is -3.18. The van der Waals surface area contributed by atoms with E-state index in [0.29, 0.717) is 18.0 Å². The van der Waals surface area contributed by atoms with E-state index in [2.05, 4.69) is 5.32 Å². The van der Waals surface area contributed by atoms with Gasteiger partial charge in [0.2, 0.25) is 5.91 Å². The minimum atomic E-state index is -1.53. The first kappa shape index (κ1) is 20.6. The zero-order valence-electron chi connectivity index (χ0n) is 16.7. The number of aromatic nitrogens is 2. The van der Waals surface area contributed by atoms with E-state index < -0.39 is 29.3 Å². The summed E-state index contributed by atoms with van der Waals surface area (Å²) in [4.78, 5) is 38.4. The molecule has 1 aliphatic heterocycles. The van der Waals surface area contributed by atoms with Crippen molar-refractivity contribution in [1.29, 1.82) is 5.26 Å². The molecule has 0 bridgehead atoms. The summed E-state index contributed by atoms with van der Waals surface area (Å²) in [6.07, 6.45) is 0.704. The van der Waals surface area contributed by atoms with E-state index >= 15 is 0 Å². The van der Waals surface area contributed by atoms with Gasteiger partial charge in [0.25, 0.3) is 5.56 Å². The van der Waals surface area contributed by atoms with Crippen molar-refractivity contribution in [3.63, 3.8) is 0 Å². The van der Waals surface area contributed by atoms with Gasteiger partial charge in [-0.3, -0.25) is 19.1 Å². The smallest absolute Gasteiger partial charge is 0.295 e. The third kappa shape index (κ3) is 3.74. The van der Waals surface area contributed by atoms with Crippen molar-refractivity contribution in [2.75, 3.05) is 11.9 Å². The number of para-hydroxylation sites is 1. The van der Waals surface area contributed by atoms with E-state index in [9.17, 15) is 19.6 Å². The monoisotopic (exact) mass is 396 g/mol. The predicted octanol–water partition coefficient (Wildman–Crippen LogP) is 1.95. The number of nitrogens with one attached hydrogen (secondary N) is 1. The number of hydrogen-bond acceptors (Lipinski definition) is 5. The summed E-state index contributed by atoms with van der Waals surface area (Å²) in [5.41, 5.74) is 0.771. The van der Waals surface area contributed by atoms with Crippen LogP contribution in [0, 0.1) is 30.1 Å². The fraction of sp³-hybridized carbons (Fsp3) is 0.429. The summed E-state index contributed by atoms with van der Waals surface area (Å²) < 4.78 is 8.51. The molecule has 0 saturated carbocycles. The molecule has 1 N–H and O–H groups in total. The Labute approximate surface area is 168 Å². The quantitative estimate of drug-likeness (QED) is 0.751. The Morgan fingerprint density at radius 3 is 2.66 bits per heavy atom. The van der Waals surface area contributed by atoms with Crippen LogP contribution in [0.1, 0.15) is 25.5 Å². The molecule has 0 aliphatic carbocycles. The maximum atomic E-state index is 12.9. The molecule has 1 aliphatic rings. The minimum absolute atomic E-state index is 0.0000744. The molecule has 1 fully saturated rings. The molecule has 29 heavy (non-hydrogen) atoms. The summed E-state index contributed by atoms with van der Waals surface area (Å²) in [6, 6.07) is 10.8. The van der Waals surface area contributed by atoms with Crippen molar-refractivity contribution in [2.24, 2.45) is 18.9 Å². The molecule has 2 aromatic rings. The summed E-state index contributed by atoms with van der Waals surface area (Å²) in [5, 5.41) is 12.0. The molecule has 3 atom stereocenters. The fourth-order valence-electron chi connectivity index (χ4n) is 3.69. The van der Waals surface area contributed by atoms with Gasteiger partial charge in [-0.25, -0.2) is 4.68 Å². The molecule has 2 heterocycles. The predicted molar refractivity (Wildman–Crippen MR) is 107 cm³/mol. The molecule has 0 spiro atoms. The molecule has 3 rings (SSSR count). The average molecular weight is 396 g/mol. The first-order valence-electron chi connectivity index (χ1n) is 9.60. The number of rotatable bonds is 6. The van der Waals surface area contributed by atoms with Crippen LogP contribution in [0.4, 0.5) is 5.69 Å². The van der Waals surface area contributed by atoms with Gasteiger partial charge in [0.05, 0.1) is 17.5 Å². The van der Waals surface area contributed by atoms with Gasteiger partial charge in [0.1, 0.15) is 11.8 Å². The van der Waals surface area contributed by atoms with E-state index in [0.717, 1.165) is 12.8 Å². The van der Waals surface area contributed by atoms with Crippen LogP contribution >= 0.6 is 0 Å². The average Bonchev–Trinajstić information content (AvgIpc) is 3.28. The zero-order valence-corrected chi connectivity index (χ0v) is 16.7. The highest BCUT2D eigenvalue weighted by molar-refractivity contribution is 6.11. The Kier molecular flexibility index (Phi) is 5.99. The first-order chi connectivity index (χ1) is 13.9.